The van der Waals surface area contributed by atoms with E-state index >= 15 is 0 Å². The number of ether oxygens (including phenoxy) is 4. The zero-order chi connectivity index (χ0) is 21.7. The molecule has 0 bridgehead atoms. The summed E-state index contributed by atoms with van der Waals surface area (Å²) in [6.07, 6.45) is -2.05. The van der Waals surface area contributed by atoms with Crippen molar-refractivity contribution in [3.05, 3.63) is 56.6 Å². The Labute approximate surface area is 167 Å². The molecular weight excluding hydrogens is 385 g/mol. The van der Waals surface area contributed by atoms with Gasteiger partial charge in [-0.25, -0.2) is 9.18 Å². The predicted octanol–water partition coefficient (Wildman–Crippen LogP) is 4.97. The number of carbonyl (C=O) groups excluding carboxylic acids is 1. The molecule has 0 aliphatic heterocycles. The van der Waals surface area contributed by atoms with E-state index in [9.17, 15) is 19.3 Å². The van der Waals surface area contributed by atoms with Gasteiger partial charge in [0.2, 0.25) is 0 Å². The van der Waals surface area contributed by atoms with Gasteiger partial charge in [-0.3, -0.25) is 10.1 Å². The predicted molar refractivity (Wildman–Crippen MR) is 102 cm³/mol. The highest BCUT2D eigenvalue weighted by Gasteiger charge is 2.26. The number of nitro groups is 1. The van der Waals surface area contributed by atoms with E-state index in [1.165, 1.54) is 33.3 Å². The number of carbonyl (C=O) groups is 1. The Balaban J connectivity index is 2.27. The van der Waals surface area contributed by atoms with Gasteiger partial charge < -0.3 is 18.9 Å². The second-order valence-corrected chi connectivity index (χ2v) is 6.33. The number of nitro benzene ring substituents is 1. The quantitative estimate of drug-likeness (QED) is 0.276. The SMILES string of the molecule is COc1cc(C(C)OC(=O)Oc2c(C)cc(CF)cc2C)c([N+](=O)[O-])cc1OC. The van der Waals surface area contributed by atoms with Crippen molar-refractivity contribution >= 4 is 11.8 Å². The molecule has 0 amide bonds. The number of methoxy groups -OCH3 is 2. The molecule has 1 atom stereocenters. The molecule has 0 aliphatic carbocycles. The fraction of sp³-hybridized carbons (Fsp3) is 0.350. The lowest BCUT2D eigenvalue weighted by Crippen LogP contribution is -2.16. The molecule has 0 aromatic heterocycles. The molecular formula is C20H22FNO7. The summed E-state index contributed by atoms with van der Waals surface area (Å²) in [4.78, 5) is 23.1. The van der Waals surface area contributed by atoms with Crippen LogP contribution in [0.3, 0.4) is 0 Å². The number of halogens is 1. The van der Waals surface area contributed by atoms with Crippen LogP contribution in [0.25, 0.3) is 0 Å². The van der Waals surface area contributed by atoms with E-state index in [-0.39, 0.29) is 28.5 Å². The summed E-state index contributed by atoms with van der Waals surface area (Å²) >= 11 is 0. The smallest absolute Gasteiger partial charge is 0.493 e. The van der Waals surface area contributed by atoms with Crippen molar-refractivity contribution in [3.8, 4) is 17.2 Å². The molecule has 9 heteroatoms. The van der Waals surface area contributed by atoms with Crippen LogP contribution in [0.5, 0.6) is 17.2 Å². The molecule has 0 saturated carbocycles. The molecule has 0 N–H and O–H groups in total. The van der Waals surface area contributed by atoms with Gasteiger partial charge in [-0.15, -0.1) is 0 Å². The van der Waals surface area contributed by atoms with Gasteiger partial charge in [0, 0.05) is 0 Å². The molecule has 0 fully saturated rings. The number of benzene rings is 2. The first kappa shape index (κ1) is 21.9. The topological polar surface area (TPSA) is 97.1 Å². The Morgan fingerprint density at radius 1 is 1.10 bits per heavy atom. The number of alkyl halides is 1. The molecule has 0 heterocycles. The Kier molecular flexibility index (Phi) is 6.98. The van der Waals surface area contributed by atoms with Crippen molar-refractivity contribution in [1.29, 1.82) is 0 Å². The van der Waals surface area contributed by atoms with Crippen LogP contribution in [-0.2, 0) is 11.4 Å². The van der Waals surface area contributed by atoms with Crippen molar-refractivity contribution in [2.24, 2.45) is 0 Å². The molecule has 29 heavy (non-hydrogen) atoms. The van der Waals surface area contributed by atoms with E-state index in [0.29, 0.717) is 16.7 Å². The van der Waals surface area contributed by atoms with Gasteiger partial charge in [0.25, 0.3) is 5.69 Å². The molecule has 1 unspecified atom stereocenters. The van der Waals surface area contributed by atoms with Gasteiger partial charge in [0.05, 0.1) is 30.8 Å². The first-order valence-electron chi connectivity index (χ1n) is 8.66. The van der Waals surface area contributed by atoms with Crippen molar-refractivity contribution in [2.75, 3.05) is 14.2 Å². The summed E-state index contributed by atoms with van der Waals surface area (Å²) in [5, 5.41) is 11.4. The zero-order valence-electron chi connectivity index (χ0n) is 16.8. The van der Waals surface area contributed by atoms with Crippen LogP contribution >= 0.6 is 0 Å². The third kappa shape index (κ3) is 4.92. The summed E-state index contributed by atoms with van der Waals surface area (Å²) in [5.74, 6) is 0.684. The molecule has 2 aromatic carbocycles. The van der Waals surface area contributed by atoms with Crippen LogP contribution in [0.15, 0.2) is 24.3 Å². The fourth-order valence-electron chi connectivity index (χ4n) is 2.96. The average molecular weight is 407 g/mol. The third-order valence-corrected chi connectivity index (χ3v) is 4.30. The van der Waals surface area contributed by atoms with E-state index in [1.54, 1.807) is 26.0 Å². The Hall–Kier alpha value is -3.36. The van der Waals surface area contributed by atoms with Gasteiger partial charge in [-0.2, -0.15) is 0 Å². The van der Waals surface area contributed by atoms with Crippen molar-refractivity contribution in [1.82, 2.24) is 0 Å². The minimum atomic E-state index is -1.04. The molecule has 0 aliphatic rings. The number of aryl methyl sites for hydroxylation is 2. The molecule has 0 spiro atoms. The maximum atomic E-state index is 12.9. The lowest BCUT2D eigenvalue weighted by Gasteiger charge is -2.17. The lowest BCUT2D eigenvalue weighted by atomic mass is 10.1. The summed E-state index contributed by atoms with van der Waals surface area (Å²) in [7, 11) is 2.75. The van der Waals surface area contributed by atoms with E-state index in [1.807, 2.05) is 0 Å². The van der Waals surface area contributed by atoms with Gasteiger partial charge >= 0.3 is 6.16 Å². The van der Waals surface area contributed by atoms with Crippen molar-refractivity contribution in [3.63, 3.8) is 0 Å². The van der Waals surface area contributed by atoms with Crippen LogP contribution in [0.2, 0.25) is 0 Å². The normalized spacial score (nSPS) is 11.5. The number of hydrogen-bond donors (Lipinski definition) is 0. The number of hydrogen-bond acceptors (Lipinski definition) is 7. The van der Waals surface area contributed by atoms with E-state index in [0.717, 1.165) is 0 Å². The monoisotopic (exact) mass is 407 g/mol. The molecule has 2 aromatic rings. The Bertz CT molecular complexity index is 906. The Morgan fingerprint density at radius 3 is 2.14 bits per heavy atom. The summed E-state index contributed by atoms with van der Waals surface area (Å²) < 4.78 is 33.6. The number of rotatable bonds is 7. The van der Waals surface area contributed by atoms with Crippen LogP contribution in [0.1, 0.15) is 35.3 Å². The molecule has 156 valence electrons. The largest absolute Gasteiger partial charge is 0.514 e. The second-order valence-electron chi connectivity index (χ2n) is 6.33. The summed E-state index contributed by atoms with van der Waals surface area (Å²) in [6, 6.07) is 5.71. The molecule has 8 nitrogen and oxygen atoms in total. The van der Waals surface area contributed by atoms with Crippen LogP contribution in [0, 0.1) is 24.0 Å². The van der Waals surface area contributed by atoms with Gasteiger partial charge in [-0.1, -0.05) is 0 Å². The second kappa shape index (κ2) is 9.22. The summed E-state index contributed by atoms with van der Waals surface area (Å²) in [5.41, 5.74) is 1.43. The molecule has 0 saturated heterocycles. The van der Waals surface area contributed by atoms with Crippen LogP contribution < -0.4 is 14.2 Å². The minimum Gasteiger partial charge on any atom is -0.493 e. The first-order chi connectivity index (χ1) is 13.7. The molecule has 2 rings (SSSR count). The first-order valence-corrected chi connectivity index (χ1v) is 8.66. The standard InChI is InChI=1S/C20H22FNO7/c1-11-6-14(10-21)7-12(2)19(11)29-20(23)28-13(3)15-8-17(26-4)18(27-5)9-16(15)22(24)25/h6-9,13H,10H2,1-5H3. The molecule has 0 radical (unpaired) electrons. The third-order valence-electron chi connectivity index (χ3n) is 4.30. The Morgan fingerprint density at radius 2 is 1.66 bits per heavy atom. The summed E-state index contributed by atoms with van der Waals surface area (Å²) in [6.45, 7) is 4.20. The van der Waals surface area contributed by atoms with E-state index < -0.39 is 23.9 Å². The maximum Gasteiger partial charge on any atom is 0.514 e. The van der Waals surface area contributed by atoms with E-state index in [4.69, 9.17) is 18.9 Å². The van der Waals surface area contributed by atoms with Gasteiger partial charge in [0.15, 0.2) is 11.5 Å². The van der Waals surface area contributed by atoms with Crippen molar-refractivity contribution < 1.29 is 33.1 Å². The average Bonchev–Trinajstić information content (AvgIpc) is 2.69. The van der Waals surface area contributed by atoms with Gasteiger partial charge in [-0.05, 0) is 55.7 Å². The lowest BCUT2D eigenvalue weighted by molar-refractivity contribution is -0.386. The van der Waals surface area contributed by atoms with Crippen LogP contribution in [-0.4, -0.2) is 25.3 Å². The minimum absolute atomic E-state index is 0.117. The highest BCUT2D eigenvalue weighted by molar-refractivity contribution is 5.66. The zero-order valence-corrected chi connectivity index (χ0v) is 16.8. The fourth-order valence-corrected chi connectivity index (χ4v) is 2.96. The highest BCUT2D eigenvalue weighted by atomic mass is 19.1. The van der Waals surface area contributed by atoms with Gasteiger partial charge in [0.1, 0.15) is 18.5 Å². The highest BCUT2D eigenvalue weighted by Crippen LogP contribution is 2.38. The van der Waals surface area contributed by atoms with Crippen molar-refractivity contribution in [2.45, 2.75) is 33.5 Å². The maximum absolute atomic E-state index is 12.9. The number of nitrogens with zero attached hydrogens (tertiary/aromatic N) is 1. The van der Waals surface area contributed by atoms with E-state index in [2.05, 4.69) is 0 Å². The van der Waals surface area contributed by atoms with Crippen LogP contribution in [0.4, 0.5) is 14.9 Å².